The molecule has 0 saturated heterocycles. The van der Waals surface area contributed by atoms with E-state index in [0.29, 0.717) is 17.1 Å². The first-order valence-corrected chi connectivity index (χ1v) is 23.1. The number of aromatic nitrogens is 9. The van der Waals surface area contributed by atoms with Gasteiger partial charge < -0.3 is 40.0 Å². The number of aryl methyl sites for hydroxylation is 3. The Morgan fingerprint density at radius 3 is 1.33 bits per heavy atom. The van der Waals surface area contributed by atoms with E-state index in [4.69, 9.17) is 5.11 Å². The maximum Gasteiger partial charge on any atom is 0.354 e. The van der Waals surface area contributed by atoms with Crippen LogP contribution in [-0.4, -0.2) is 55.9 Å². The summed E-state index contributed by atoms with van der Waals surface area (Å²) in [6.07, 6.45) is 13.1. The van der Waals surface area contributed by atoms with Crippen molar-refractivity contribution in [1.29, 1.82) is 0 Å². The van der Waals surface area contributed by atoms with Gasteiger partial charge in [-0.3, -0.25) is 22.5 Å². The Bertz CT molecular complexity index is 3380. The first kappa shape index (κ1) is 74.1. The van der Waals surface area contributed by atoms with E-state index in [1.807, 2.05) is 69.3 Å². The van der Waals surface area contributed by atoms with Gasteiger partial charge in [-0.25, -0.2) is 18.6 Å². The second kappa shape index (κ2) is 39.5. The maximum absolute atomic E-state index is 13.4. The van der Waals surface area contributed by atoms with Crippen LogP contribution in [0.25, 0.3) is 56.3 Å². The van der Waals surface area contributed by atoms with E-state index in [1.165, 1.54) is 18.5 Å². The van der Waals surface area contributed by atoms with Crippen LogP contribution in [-0.2, 0) is 101 Å². The Labute approximate surface area is 543 Å². The van der Waals surface area contributed by atoms with Gasteiger partial charge in [-0.1, -0.05) is 127 Å². The van der Waals surface area contributed by atoms with Crippen molar-refractivity contribution in [1.82, 2.24) is 44.9 Å². The van der Waals surface area contributed by atoms with Crippen molar-refractivity contribution in [3.05, 3.63) is 283 Å². The molecule has 2 aromatic carbocycles. The van der Waals surface area contributed by atoms with E-state index < -0.39 is 41.1 Å². The molecule has 11 rings (SSSR count). The zero-order valence-electron chi connectivity index (χ0n) is 43.3. The molecule has 0 fully saturated rings. The summed E-state index contributed by atoms with van der Waals surface area (Å²) in [7, 11) is 0. The second-order valence-corrected chi connectivity index (χ2v) is 15.7. The Hall–Kier alpha value is -6.91. The van der Waals surface area contributed by atoms with Crippen molar-refractivity contribution in [2.75, 3.05) is 0 Å². The van der Waals surface area contributed by atoms with Gasteiger partial charge in [-0.2, -0.15) is 0 Å². The first-order chi connectivity index (χ1) is 37.7. The van der Waals surface area contributed by atoms with Gasteiger partial charge in [0.05, 0.1) is 0 Å². The Morgan fingerprint density at radius 2 is 0.904 bits per heavy atom. The van der Waals surface area contributed by atoms with E-state index in [0.717, 1.165) is 69.8 Å². The van der Waals surface area contributed by atoms with Crippen LogP contribution in [0.15, 0.2) is 195 Å². The molecule has 0 atom stereocenters. The summed E-state index contributed by atoms with van der Waals surface area (Å²) in [5, 5.41) is 8.32. The molecule has 0 amide bonds. The molecule has 5 radical (unpaired) electrons. The molecule has 0 bridgehead atoms. The van der Waals surface area contributed by atoms with Crippen LogP contribution < -0.4 is 0 Å². The van der Waals surface area contributed by atoms with Crippen LogP contribution >= 0.6 is 0 Å². The summed E-state index contributed by atoms with van der Waals surface area (Å²) in [4.78, 5) is 45.4. The number of benzene rings is 2. The van der Waals surface area contributed by atoms with Crippen molar-refractivity contribution in [2.45, 2.75) is 20.8 Å². The standard InChI is InChI=1S/C12H8F2N.C12H11N2.C11H6F2N.C10H5F2N2.C10H7N2.C6H5NO2.5Ir/c1-8-4-5-15-12(6-8)10-3-2-9(13)7-11(10)14;1-9-6-7-11(10(2)14-9)12-5-3-4-8-13-12;12-8-4-5-9(10(13)7-8)11-3-1-2-6-14-11;11-9-5-4-7(10(12)14-9)8-3-1-2-6-13-8;1-2-7-12-10(5-1)9-4-3-6-11-8-9;8-6(9)5-3-1-2-4-7-5;;;;;/h2,4-7H,1H3;3-6,8H,1-2H3;1-4,6-7H;1-3,5-6H;1-3,5-8H;1-4H,(H,8,9);;;;;/q5*-1;;;;;;. The quantitative estimate of drug-likeness (QED) is 0.0961. The van der Waals surface area contributed by atoms with Crippen molar-refractivity contribution in [3.63, 3.8) is 0 Å². The minimum Gasteiger partial charge on any atom is -0.477 e. The molecule has 11 nitrogen and oxygen atoms in total. The largest absolute Gasteiger partial charge is 0.477 e. The van der Waals surface area contributed by atoms with Crippen molar-refractivity contribution in [3.8, 4) is 56.3 Å². The molecule has 0 aliphatic rings. The number of halogens is 6. The SMILES string of the molecule is Cc1c[c-]c(-c2ccccn2)c(C)n1.Cc1ccnc(-c2[c-]cc(F)cc2F)c1.Fc1c[c-]c(-c2ccccn2)c(F)c1.Fc1c[c-]c(-c2ccccn2)c(F)n1.O=C(O)c1ccccn1.[Ir].[Ir].[Ir].[Ir].[Ir].[c-]1ccncc1-c1ccccn1. The molecular formula is C61H42F6Ir5N9O2-5. The molecule has 11 aromatic rings. The molecule has 1 N–H and O–H groups in total. The number of hydrogen-bond acceptors (Lipinski definition) is 10. The van der Waals surface area contributed by atoms with E-state index >= 15 is 0 Å². The minimum atomic E-state index is -0.990. The number of carbonyl (C=O) groups is 1. The van der Waals surface area contributed by atoms with Crippen LogP contribution in [0.3, 0.4) is 0 Å². The third-order valence-electron chi connectivity index (χ3n) is 9.96. The number of rotatable bonds is 6. The van der Waals surface area contributed by atoms with E-state index in [9.17, 15) is 31.1 Å². The number of carboxylic acids is 1. The third kappa shape index (κ3) is 24.8. The number of hydrogen-bond donors (Lipinski definition) is 1. The fourth-order valence-electron chi connectivity index (χ4n) is 6.41. The molecular weight excluding hydrogens is 1970 g/mol. The summed E-state index contributed by atoms with van der Waals surface area (Å²) in [5.41, 5.74) is 8.52. The van der Waals surface area contributed by atoms with Gasteiger partial charge in [0.15, 0.2) is 0 Å². The van der Waals surface area contributed by atoms with Gasteiger partial charge in [0, 0.05) is 161 Å². The van der Waals surface area contributed by atoms with Gasteiger partial charge in [0.2, 0.25) is 0 Å². The summed E-state index contributed by atoms with van der Waals surface area (Å²) >= 11 is 0. The van der Waals surface area contributed by atoms with Crippen LogP contribution in [0.5, 0.6) is 0 Å². The first-order valence-electron chi connectivity index (χ1n) is 23.1. The normalized spacial score (nSPS) is 9.36. The van der Waals surface area contributed by atoms with E-state index in [1.54, 1.807) is 97.8 Å². The predicted octanol–water partition coefficient (Wildman–Crippen LogP) is 13.5. The van der Waals surface area contributed by atoms with Gasteiger partial charge in [-0.05, 0) is 89.2 Å². The maximum atomic E-state index is 13.4. The fourth-order valence-corrected chi connectivity index (χ4v) is 6.41. The fraction of sp³-hybridized carbons (Fsp3) is 0.0492. The summed E-state index contributed by atoms with van der Waals surface area (Å²) in [6, 6.07) is 52.3. The van der Waals surface area contributed by atoms with Crippen LogP contribution in [0.2, 0.25) is 0 Å². The molecule has 0 spiro atoms. The van der Waals surface area contributed by atoms with E-state index in [-0.39, 0.29) is 123 Å². The average Bonchev–Trinajstić information content (AvgIpc) is 3.51. The smallest absolute Gasteiger partial charge is 0.354 e. The summed E-state index contributed by atoms with van der Waals surface area (Å²) < 4.78 is 77.4. The van der Waals surface area contributed by atoms with Gasteiger partial charge >= 0.3 is 5.97 Å². The molecule has 0 saturated carbocycles. The zero-order valence-corrected chi connectivity index (χ0v) is 55.3. The van der Waals surface area contributed by atoms with Gasteiger partial charge in [0.25, 0.3) is 0 Å². The average molecular weight is 2010 g/mol. The molecule has 0 unspecified atom stereocenters. The van der Waals surface area contributed by atoms with Gasteiger partial charge in [0.1, 0.15) is 17.6 Å². The van der Waals surface area contributed by atoms with Crippen molar-refractivity contribution < 1.29 is 137 Å². The Balaban J connectivity index is 0.000000495. The number of aromatic carboxylic acids is 1. The summed E-state index contributed by atoms with van der Waals surface area (Å²) in [5.74, 6) is -5.34. The minimum absolute atomic E-state index is 0. The summed E-state index contributed by atoms with van der Waals surface area (Å²) in [6.45, 7) is 5.83. The van der Waals surface area contributed by atoms with Crippen molar-refractivity contribution in [2.24, 2.45) is 0 Å². The molecule has 0 aliphatic carbocycles. The van der Waals surface area contributed by atoms with Crippen molar-refractivity contribution >= 4 is 5.97 Å². The number of nitrogens with zero attached hydrogens (tertiary/aromatic N) is 9. The Kier molecular flexibility index (Phi) is 35.3. The third-order valence-corrected chi connectivity index (χ3v) is 9.96. The topological polar surface area (TPSA) is 153 Å². The molecule has 435 valence electrons. The number of pyridine rings is 9. The van der Waals surface area contributed by atoms with Crippen LogP contribution in [0.4, 0.5) is 26.3 Å². The van der Waals surface area contributed by atoms with Crippen LogP contribution in [0.1, 0.15) is 27.4 Å². The monoisotopic (exact) mass is 2010 g/mol. The molecule has 0 aliphatic heterocycles. The predicted molar refractivity (Wildman–Crippen MR) is 281 cm³/mol. The molecule has 83 heavy (non-hydrogen) atoms. The molecule has 9 aromatic heterocycles. The zero-order chi connectivity index (χ0) is 55.7. The van der Waals surface area contributed by atoms with E-state index in [2.05, 4.69) is 75.2 Å². The van der Waals surface area contributed by atoms with Gasteiger partial charge in [-0.15, -0.1) is 65.7 Å². The molecule has 9 heterocycles. The van der Waals surface area contributed by atoms with Crippen LogP contribution in [0, 0.1) is 86.3 Å². The second-order valence-electron chi connectivity index (χ2n) is 15.7. The Morgan fingerprint density at radius 1 is 0.446 bits per heavy atom. The number of carboxylic acid groups (broad SMARTS) is 1. The molecule has 22 heteroatoms.